The lowest BCUT2D eigenvalue weighted by Gasteiger charge is -2.25. The SMILES string of the molecule is NC(=O)CCC(NC(=O)C(N)CC(=O)O)C(=O)NC(Cc1c[nH]c2ccccc12)C(=O)NC(CCCN=C(N)N)C(=O)O. The number of carbonyl (C=O) groups is 6. The van der Waals surface area contributed by atoms with Crippen molar-refractivity contribution in [3.05, 3.63) is 36.0 Å². The van der Waals surface area contributed by atoms with Crippen molar-refractivity contribution >= 4 is 52.4 Å². The highest BCUT2D eigenvalue weighted by molar-refractivity contribution is 5.95. The van der Waals surface area contributed by atoms with Gasteiger partial charge in [-0.05, 0) is 30.9 Å². The monoisotopic (exact) mass is 603 g/mol. The molecule has 0 aliphatic rings. The number of benzene rings is 1. The lowest BCUT2D eigenvalue weighted by molar-refractivity contribution is -0.142. The summed E-state index contributed by atoms with van der Waals surface area (Å²) in [5, 5.41) is 26.6. The molecule has 0 aliphatic heterocycles. The number of nitrogens with one attached hydrogen (secondary N) is 4. The van der Waals surface area contributed by atoms with Gasteiger partial charge in [0.15, 0.2) is 5.96 Å². The minimum absolute atomic E-state index is 0.0234. The van der Waals surface area contributed by atoms with Crippen LogP contribution in [0.25, 0.3) is 10.9 Å². The van der Waals surface area contributed by atoms with Crippen LogP contribution in [-0.4, -0.2) is 87.4 Å². The van der Waals surface area contributed by atoms with E-state index in [9.17, 15) is 33.9 Å². The molecule has 4 atom stereocenters. The normalized spacial score (nSPS) is 13.6. The van der Waals surface area contributed by atoms with Crippen LogP contribution in [0, 0.1) is 0 Å². The van der Waals surface area contributed by atoms with E-state index in [0.29, 0.717) is 5.56 Å². The molecule has 2 rings (SSSR count). The van der Waals surface area contributed by atoms with E-state index in [1.54, 1.807) is 30.5 Å². The number of hydrogen-bond donors (Lipinski definition) is 10. The van der Waals surface area contributed by atoms with Crippen LogP contribution in [0.2, 0.25) is 0 Å². The minimum Gasteiger partial charge on any atom is -0.481 e. The Bertz CT molecular complexity index is 1360. The molecule has 4 unspecified atom stereocenters. The first-order chi connectivity index (χ1) is 20.3. The molecule has 4 amide bonds. The summed E-state index contributed by atoms with van der Waals surface area (Å²) < 4.78 is 0. The molecule has 14 N–H and O–H groups in total. The number of carboxylic acids is 2. The fourth-order valence-corrected chi connectivity index (χ4v) is 4.15. The van der Waals surface area contributed by atoms with Gasteiger partial charge in [-0.1, -0.05) is 18.2 Å². The summed E-state index contributed by atoms with van der Waals surface area (Å²) in [4.78, 5) is 80.4. The first kappa shape index (κ1) is 34.0. The van der Waals surface area contributed by atoms with Crippen LogP contribution in [0.5, 0.6) is 0 Å². The van der Waals surface area contributed by atoms with E-state index < -0.39 is 66.2 Å². The number of rotatable bonds is 18. The molecular weight excluding hydrogens is 566 g/mol. The van der Waals surface area contributed by atoms with E-state index in [-0.39, 0.29) is 44.6 Å². The molecule has 0 aliphatic carbocycles. The second-order valence-electron chi connectivity index (χ2n) is 9.74. The zero-order valence-electron chi connectivity index (χ0n) is 23.2. The molecule has 0 spiro atoms. The topological polar surface area (TPSA) is 311 Å². The molecule has 1 heterocycles. The number of carboxylic acid groups (broad SMARTS) is 2. The number of primary amides is 1. The number of aliphatic imine (C=N–C) groups is 1. The summed E-state index contributed by atoms with van der Waals surface area (Å²) in [5.74, 6) is -6.33. The fraction of sp³-hybridized carbons (Fsp3) is 0.423. The van der Waals surface area contributed by atoms with E-state index in [2.05, 4.69) is 25.9 Å². The van der Waals surface area contributed by atoms with Gasteiger partial charge in [-0.2, -0.15) is 0 Å². The zero-order chi connectivity index (χ0) is 32.1. The molecule has 17 nitrogen and oxygen atoms in total. The quantitative estimate of drug-likeness (QED) is 0.0477. The smallest absolute Gasteiger partial charge is 0.326 e. The Kier molecular flexibility index (Phi) is 12.9. The van der Waals surface area contributed by atoms with Gasteiger partial charge in [0, 0.05) is 36.5 Å². The van der Waals surface area contributed by atoms with Gasteiger partial charge in [-0.15, -0.1) is 0 Å². The van der Waals surface area contributed by atoms with E-state index in [1.165, 1.54) is 0 Å². The highest BCUT2D eigenvalue weighted by atomic mass is 16.4. The van der Waals surface area contributed by atoms with E-state index in [4.69, 9.17) is 28.0 Å². The van der Waals surface area contributed by atoms with Crippen molar-refractivity contribution in [2.45, 2.75) is 62.7 Å². The first-order valence-corrected chi connectivity index (χ1v) is 13.3. The summed E-state index contributed by atoms with van der Waals surface area (Å²) in [7, 11) is 0. The second kappa shape index (κ2) is 16.3. The highest BCUT2D eigenvalue weighted by Gasteiger charge is 2.31. The number of guanidine groups is 1. The maximum absolute atomic E-state index is 13.4. The van der Waals surface area contributed by atoms with Gasteiger partial charge >= 0.3 is 11.9 Å². The molecule has 1 aromatic carbocycles. The number of hydrogen-bond acceptors (Lipinski definition) is 8. The summed E-state index contributed by atoms with van der Waals surface area (Å²) in [6, 6.07) is 1.57. The number of carbonyl (C=O) groups excluding carboxylic acids is 4. The van der Waals surface area contributed by atoms with Crippen molar-refractivity contribution in [1.29, 1.82) is 0 Å². The second-order valence-corrected chi connectivity index (χ2v) is 9.74. The number of nitrogens with zero attached hydrogens (tertiary/aromatic N) is 1. The van der Waals surface area contributed by atoms with Gasteiger partial charge in [0.25, 0.3) is 0 Å². The van der Waals surface area contributed by atoms with Crippen LogP contribution < -0.4 is 38.9 Å². The predicted molar refractivity (Wildman–Crippen MR) is 154 cm³/mol. The maximum atomic E-state index is 13.4. The predicted octanol–water partition coefficient (Wildman–Crippen LogP) is -2.63. The van der Waals surface area contributed by atoms with Crippen LogP contribution in [0.15, 0.2) is 35.5 Å². The van der Waals surface area contributed by atoms with Crippen molar-refractivity contribution in [3.8, 4) is 0 Å². The van der Waals surface area contributed by atoms with Crippen LogP contribution >= 0.6 is 0 Å². The number of para-hydroxylation sites is 1. The number of aliphatic carboxylic acids is 2. The number of fused-ring (bicyclic) bond motifs is 1. The van der Waals surface area contributed by atoms with Gasteiger partial charge in [-0.25, -0.2) is 4.79 Å². The Morgan fingerprint density at radius 1 is 0.860 bits per heavy atom. The summed E-state index contributed by atoms with van der Waals surface area (Å²) in [6.45, 7) is 0.128. The average molecular weight is 604 g/mol. The van der Waals surface area contributed by atoms with Crippen LogP contribution in [-0.2, 0) is 35.2 Å². The van der Waals surface area contributed by atoms with Crippen molar-refractivity contribution in [1.82, 2.24) is 20.9 Å². The standard InChI is InChI=1S/C26H37N9O8/c27-15(11-21(37)38)22(39)33-17(7-8-20(28)36)23(40)35-19(10-13-12-32-16-5-2-1-4-14(13)16)24(41)34-18(25(42)43)6-3-9-31-26(29)30/h1-2,4-5,12,15,17-19,32H,3,6-11,27H2,(H2,28,36)(H,33,39)(H,34,41)(H,35,40)(H,37,38)(H,42,43)(H4,29,30,31). The number of amides is 4. The first-order valence-electron chi connectivity index (χ1n) is 13.3. The minimum atomic E-state index is -1.50. The van der Waals surface area contributed by atoms with Gasteiger partial charge in [0.2, 0.25) is 23.6 Å². The molecule has 0 bridgehead atoms. The lowest BCUT2D eigenvalue weighted by atomic mass is 10.0. The third-order valence-electron chi connectivity index (χ3n) is 6.34. The molecule has 17 heteroatoms. The van der Waals surface area contributed by atoms with Crippen LogP contribution in [0.3, 0.4) is 0 Å². The average Bonchev–Trinajstić information content (AvgIpc) is 3.33. The summed E-state index contributed by atoms with van der Waals surface area (Å²) in [6.07, 6.45) is 0.423. The molecule has 0 radical (unpaired) electrons. The third-order valence-corrected chi connectivity index (χ3v) is 6.34. The van der Waals surface area contributed by atoms with Gasteiger partial charge in [0.1, 0.15) is 18.1 Å². The lowest BCUT2D eigenvalue weighted by Crippen LogP contribution is -2.57. The maximum Gasteiger partial charge on any atom is 0.326 e. The van der Waals surface area contributed by atoms with Crippen molar-refractivity contribution in [3.63, 3.8) is 0 Å². The number of aromatic amines is 1. The van der Waals surface area contributed by atoms with E-state index in [0.717, 1.165) is 10.9 Å². The molecule has 2 aromatic rings. The van der Waals surface area contributed by atoms with Crippen molar-refractivity contribution < 1.29 is 39.0 Å². The number of aromatic nitrogens is 1. The largest absolute Gasteiger partial charge is 0.481 e. The van der Waals surface area contributed by atoms with E-state index >= 15 is 0 Å². The molecule has 234 valence electrons. The van der Waals surface area contributed by atoms with Gasteiger partial charge in [0.05, 0.1) is 12.5 Å². The number of nitrogens with two attached hydrogens (primary N) is 4. The van der Waals surface area contributed by atoms with Gasteiger partial charge in [-0.3, -0.25) is 29.0 Å². The molecular formula is C26H37N9O8. The van der Waals surface area contributed by atoms with Crippen molar-refractivity contribution in [2.24, 2.45) is 27.9 Å². The molecule has 43 heavy (non-hydrogen) atoms. The van der Waals surface area contributed by atoms with Crippen LogP contribution in [0.4, 0.5) is 0 Å². The Hall–Kier alpha value is -5.19. The Balaban J connectivity index is 2.32. The Morgan fingerprint density at radius 3 is 2.12 bits per heavy atom. The molecule has 1 aromatic heterocycles. The fourth-order valence-electron chi connectivity index (χ4n) is 4.15. The molecule has 0 fully saturated rings. The number of H-pyrrole nitrogens is 1. The van der Waals surface area contributed by atoms with Gasteiger partial charge < -0.3 is 54.1 Å². The van der Waals surface area contributed by atoms with E-state index in [1.807, 2.05) is 0 Å². The van der Waals surface area contributed by atoms with Crippen LogP contribution in [0.1, 0.15) is 37.7 Å². The Morgan fingerprint density at radius 2 is 1.49 bits per heavy atom. The molecule has 0 saturated heterocycles. The summed E-state index contributed by atoms with van der Waals surface area (Å²) in [5.41, 5.74) is 22.8. The van der Waals surface area contributed by atoms with Crippen molar-refractivity contribution in [2.75, 3.05) is 6.54 Å². The Labute approximate surface area is 245 Å². The third kappa shape index (κ3) is 11.3. The highest BCUT2D eigenvalue weighted by Crippen LogP contribution is 2.19. The molecule has 0 saturated carbocycles. The summed E-state index contributed by atoms with van der Waals surface area (Å²) >= 11 is 0. The zero-order valence-corrected chi connectivity index (χ0v) is 23.2.